The lowest BCUT2D eigenvalue weighted by atomic mass is 9.78. The number of ether oxygens (including phenoxy) is 1. The SMILES string of the molecule is COc1c(C(C)(C)C)cc2c(c1-c1ccc(C(C)(C)C)cc1)C=C(C)C2[Si](C)(C)C1C(C)=Cc2c1cc(C(C)(C)C)c(C)c2-c1ccc(C(C)(C)C)cc1. The maximum absolute atomic E-state index is 6.41. The van der Waals surface area contributed by atoms with E-state index < -0.39 is 8.07 Å². The highest BCUT2D eigenvalue weighted by molar-refractivity contribution is 6.81. The summed E-state index contributed by atoms with van der Waals surface area (Å²) in [4.78, 5) is 0. The highest BCUT2D eigenvalue weighted by Crippen LogP contribution is 2.57. The van der Waals surface area contributed by atoms with Gasteiger partial charge in [-0.15, -0.1) is 0 Å². The van der Waals surface area contributed by atoms with Crippen LogP contribution in [0.5, 0.6) is 5.75 Å². The molecule has 0 radical (unpaired) electrons. The van der Waals surface area contributed by atoms with Crippen LogP contribution >= 0.6 is 0 Å². The van der Waals surface area contributed by atoms with Crippen molar-refractivity contribution < 1.29 is 4.74 Å². The van der Waals surface area contributed by atoms with Gasteiger partial charge in [0.1, 0.15) is 5.75 Å². The zero-order chi connectivity index (χ0) is 40.1. The molecule has 0 amide bonds. The molecule has 2 heteroatoms. The Bertz CT molecular complexity index is 2160. The van der Waals surface area contributed by atoms with Crippen molar-refractivity contribution >= 4 is 20.2 Å². The molecule has 0 saturated heterocycles. The van der Waals surface area contributed by atoms with Crippen molar-refractivity contribution in [2.75, 3.05) is 7.11 Å². The number of benzene rings is 4. The average molecular weight is 737 g/mol. The van der Waals surface area contributed by atoms with E-state index in [-0.39, 0.29) is 21.7 Å². The van der Waals surface area contributed by atoms with Crippen molar-refractivity contribution in [1.82, 2.24) is 0 Å². The van der Waals surface area contributed by atoms with Gasteiger partial charge in [0.2, 0.25) is 0 Å². The number of hydrogen-bond acceptors (Lipinski definition) is 1. The molecule has 2 atom stereocenters. The zero-order valence-electron chi connectivity index (χ0n) is 37.0. The first-order valence-corrected chi connectivity index (χ1v) is 23.5. The smallest absolute Gasteiger partial charge is 0.131 e. The molecule has 2 aliphatic carbocycles. The molecule has 0 aliphatic heterocycles. The molecule has 0 spiro atoms. The predicted octanol–water partition coefficient (Wildman–Crippen LogP) is 15.0. The standard InChI is InChI=1S/C52H68OSi/c1-31-27-38-40(29-42(51(10,11)12)33(3)44(38)34-19-23-36(24-20-34)49(4,5)6)47(31)54(17,18)48-32(2)28-39-41(48)30-43(52(13,14)15)46(53-16)45(39)35-21-25-37(26-22-35)50(7,8)9/h19-30,47-48H,1-18H3. The molecule has 6 rings (SSSR count). The Morgan fingerprint density at radius 3 is 1.24 bits per heavy atom. The van der Waals surface area contributed by atoms with Gasteiger partial charge in [0, 0.05) is 22.2 Å². The largest absolute Gasteiger partial charge is 0.496 e. The molecule has 2 aliphatic rings. The number of fused-ring (bicyclic) bond motifs is 2. The number of methoxy groups -OCH3 is 1. The van der Waals surface area contributed by atoms with Gasteiger partial charge < -0.3 is 4.74 Å². The minimum absolute atomic E-state index is 0.0251. The molecule has 0 heterocycles. The minimum atomic E-state index is -2.17. The Balaban J connectivity index is 1.57. The third-order valence-corrected chi connectivity index (χ3v) is 17.2. The lowest BCUT2D eigenvalue weighted by Crippen LogP contribution is -2.42. The van der Waals surface area contributed by atoms with E-state index in [4.69, 9.17) is 4.74 Å². The summed E-state index contributed by atoms with van der Waals surface area (Å²) in [6.07, 6.45) is 5.08. The summed E-state index contributed by atoms with van der Waals surface area (Å²) in [6, 6.07) is 23.9. The van der Waals surface area contributed by atoms with Crippen LogP contribution in [-0.4, -0.2) is 15.2 Å². The van der Waals surface area contributed by atoms with Crippen LogP contribution in [0.2, 0.25) is 13.1 Å². The van der Waals surface area contributed by atoms with Gasteiger partial charge >= 0.3 is 0 Å². The number of hydrogen-bond donors (Lipinski definition) is 0. The summed E-state index contributed by atoms with van der Waals surface area (Å²) in [5.74, 6) is 1.02. The summed E-state index contributed by atoms with van der Waals surface area (Å²) in [6.45, 7) is 40.5. The first-order valence-electron chi connectivity index (χ1n) is 20.3. The van der Waals surface area contributed by atoms with Crippen molar-refractivity contribution in [2.24, 2.45) is 0 Å². The normalized spacial score (nSPS) is 17.7. The summed E-state index contributed by atoms with van der Waals surface area (Å²) in [7, 11) is -0.308. The van der Waals surface area contributed by atoms with E-state index in [2.05, 4.69) is 190 Å². The van der Waals surface area contributed by atoms with E-state index in [0.29, 0.717) is 11.1 Å². The molecule has 286 valence electrons. The predicted molar refractivity (Wildman–Crippen MR) is 240 cm³/mol. The highest BCUT2D eigenvalue weighted by atomic mass is 28.3. The van der Waals surface area contributed by atoms with Crippen LogP contribution in [0.4, 0.5) is 0 Å². The second-order valence-electron chi connectivity index (χ2n) is 21.4. The zero-order valence-corrected chi connectivity index (χ0v) is 38.0. The van der Waals surface area contributed by atoms with Crippen LogP contribution < -0.4 is 4.74 Å². The second kappa shape index (κ2) is 13.3. The highest BCUT2D eigenvalue weighted by Gasteiger charge is 2.48. The van der Waals surface area contributed by atoms with Gasteiger partial charge in [0.05, 0.1) is 15.2 Å². The molecule has 4 aromatic carbocycles. The summed E-state index contributed by atoms with van der Waals surface area (Å²) in [5, 5.41) is 0. The Morgan fingerprint density at radius 1 is 0.500 bits per heavy atom. The Kier molecular flexibility index (Phi) is 9.83. The number of rotatable bonds is 5. The van der Waals surface area contributed by atoms with E-state index in [9.17, 15) is 0 Å². The maximum Gasteiger partial charge on any atom is 0.131 e. The molecule has 2 unspecified atom stereocenters. The quantitative estimate of drug-likeness (QED) is 0.185. The topological polar surface area (TPSA) is 9.23 Å². The molecule has 0 aromatic heterocycles. The lowest BCUT2D eigenvalue weighted by molar-refractivity contribution is 0.399. The van der Waals surface area contributed by atoms with Crippen molar-refractivity contribution in [3.05, 3.63) is 122 Å². The second-order valence-corrected chi connectivity index (χ2v) is 26.2. The fourth-order valence-electron chi connectivity index (χ4n) is 10.0. The van der Waals surface area contributed by atoms with Crippen molar-refractivity contribution in [3.63, 3.8) is 0 Å². The average Bonchev–Trinajstić information content (AvgIpc) is 3.57. The van der Waals surface area contributed by atoms with Gasteiger partial charge in [-0.2, -0.15) is 0 Å². The van der Waals surface area contributed by atoms with Crippen molar-refractivity contribution in [2.45, 2.75) is 150 Å². The molecule has 0 N–H and O–H groups in total. The van der Waals surface area contributed by atoms with Gasteiger partial charge in [-0.25, -0.2) is 0 Å². The molecule has 0 bridgehead atoms. The Hall–Kier alpha value is -3.62. The molecular weight excluding hydrogens is 669 g/mol. The van der Waals surface area contributed by atoms with Crippen molar-refractivity contribution in [3.8, 4) is 28.0 Å². The molecular formula is C52H68OSi. The van der Waals surface area contributed by atoms with Gasteiger partial charge in [0.15, 0.2) is 0 Å². The first-order chi connectivity index (χ1) is 24.8. The maximum atomic E-state index is 6.41. The third kappa shape index (κ3) is 6.80. The molecule has 54 heavy (non-hydrogen) atoms. The summed E-state index contributed by atoms with van der Waals surface area (Å²) >= 11 is 0. The van der Waals surface area contributed by atoms with Gasteiger partial charge in [-0.1, -0.05) is 180 Å². The molecule has 0 fully saturated rings. The van der Waals surface area contributed by atoms with E-state index in [1.165, 1.54) is 77.9 Å². The van der Waals surface area contributed by atoms with E-state index in [0.717, 1.165) is 5.75 Å². The third-order valence-electron chi connectivity index (χ3n) is 12.7. The monoisotopic (exact) mass is 737 g/mol. The van der Waals surface area contributed by atoms with E-state index in [1.54, 1.807) is 5.56 Å². The first kappa shape index (κ1) is 40.1. The van der Waals surface area contributed by atoms with Crippen LogP contribution in [0, 0.1) is 6.92 Å². The van der Waals surface area contributed by atoms with Gasteiger partial charge in [-0.3, -0.25) is 0 Å². The Labute approximate surface area is 330 Å². The van der Waals surface area contributed by atoms with E-state index in [1.807, 2.05) is 7.11 Å². The van der Waals surface area contributed by atoms with Crippen LogP contribution in [0.15, 0.2) is 71.8 Å². The fraction of sp³-hybridized carbons (Fsp3) is 0.462. The van der Waals surface area contributed by atoms with Crippen LogP contribution in [0.1, 0.15) is 158 Å². The molecule has 0 saturated carbocycles. The van der Waals surface area contributed by atoms with Crippen LogP contribution in [-0.2, 0) is 21.7 Å². The van der Waals surface area contributed by atoms with Crippen LogP contribution in [0.25, 0.3) is 34.4 Å². The van der Waals surface area contributed by atoms with Gasteiger partial charge in [-0.05, 0) is 104 Å². The van der Waals surface area contributed by atoms with Crippen molar-refractivity contribution in [1.29, 1.82) is 0 Å². The fourth-order valence-corrected chi connectivity index (χ4v) is 15.0. The van der Waals surface area contributed by atoms with E-state index >= 15 is 0 Å². The lowest BCUT2D eigenvalue weighted by Gasteiger charge is -2.40. The van der Waals surface area contributed by atoms with Gasteiger partial charge in [0.25, 0.3) is 0 Å². The minimum Gasteiger partial charge on any atom is -0.496 e. The summed E-state index contributed by atoms with van der Waals surface area (Å²) in [5.41, 5.74) is 21.9. The molecule has 1 nitrogen and oxygen atoms in total. The Morgan fingerprint density at radius 2 is 0.870 bits per heavy atom. The van der Waals surface area contributed by atoms with Crippen LogP contribution in [0.3, 0.4) is 0 Å². The number of allylic oxidation sites excluding steroid dienone is 2. The summed E-state index contributed by atoms with van der Waals surface area (Å²) < 4.78 is 6.41. The molecule has 4 aromatic rings.